The third kappa shape index (κ3) is 1.83. The lowest BCUT2D eigenvalue weighted by atomic mass is 10.1. The number of halogens is 1. The molecule has 3 heteroatoms. The molecule has 1 amide bonds. The van der Waals surface area contributed by atoms with Crippen LogP contribution in [0.5, 0.6) is 0 Å². The minimum atomic E-state index is 0.311. The van der Waals surface area contributed by atoms with Crippen molar-refractivity contribution in [2.45, 2.75) is 38.6 Å². The number of carbonyl (C=O) groups excluding carboxylic acids is 1. The van der Waals surface area contributed by atoms with E-state index in [0.29, 0.717) is 17.9 Å². The zero-order chi connectivity index (χ0) is 10.1. The minimum Gasteiger partial charge on any atom is -0.352 e. The fraction of sp³-hybridized carbons (Fsp3) is 0.909. The quantitative estimate of drug-likeness (QED) is 0.772. The molecule has 2 aliphatic carbocycles. The summed E-state index contributed by atoms with van der Waals surface area (Å²) in [4.78, 5) is 11.8. The molecule has 2 rings (SSSR count). The van der Waals surface area contributed by atoms with E-state index in [2.05, 4.69) is 28.2 Å². The molecule has 3 atom stereocenters. The molecule has 0 spiro atoms. The average molecular weight is 260 g/mol. The number of hydrogen-bond acceptors (Lipinski definition) is 1. The van der Waals surface area contributed by atoms with Gasteiger partial charge in [-0.05, 0) is 31.1 Å². The molecule has 0 aliphatic heterocycles. The van der Waals surface area contributed by atoms with Gasteiger partial charge in [0, 0.05) is 17.3 Å². The second kappa shape index (κ2) is 4.21. The van der Waals surface area contributed by atoms with Gasteiger partial charge in [0.1, 0.15) is 0 Å². The Morgan fingerprint density at radius 3 is 2.64 bits per heavy atom. The first kappa shape index (κ1) is 10.5. The number of fused-ring (bicyclic) bond motifs is 1. The monoisotopic (exact) mass is 259 g/mol. The van der Waals surface area contributed by atoms with Gasteiger partial charge in [0.05, 0.1) is 0 Å². The Morgan fingerprint density at radius 1 is 1.50 bits per heavy atom. The lowest BCUT2D eigenvalue weighted by Crippen LogP contribution is -2.37. The molecule has 0 aromatic carbocycles. The van der Waals surface area contributed by atoms with Crippen molar-refractivity contribution in [2.24, 2.45) is 17.8 Å². The molecule has 0 bridgehead atoms. The maximum Gasteiger partial charge on any atom is 0.223 e. The van der Waals surface area contributed by atoms with Crippen LogP contribution < -0.4 is 5.32 Å². The molecule has 2 saturated carbocycles. The summed E-state index contributed by atoms with van der Waals surface area (Å²) in [6.07, 6.45) is 4.93. The van der Waals surface area contributed by atoms with Crippen molar-refractivity contribution in [1.29, 1.82) is 0 Å². The molecule has 0 saturated heterocycles. The van der Waals surface area contributed by atoms with Crippen molar-refractivity contribution < 1.29 is 4.79 Å². The van der Waals surface area contributed by atoms with E-state index in [1.165, 1.54) is 19.3 Å². The number of hydrogen-bond donors (Lipinski definition) is 1. The highest BCUT2D eigenvalue weighted by atomic mass is 79.9. The Kier molecular flexibility index (Phi) is 3.15. The lowest BCUT2D eigenvalue weighted by Gasteiger charge is -2.14. The van der Waals surface area contributed by atoms with Gasteiger partial charge >= 0.3 is 0 Å². The molecular formula is C11H18BrNO. The van der Waals surface area contributed by atoms with Gasteiger partial charge in [-0.2, -0.15) is 0 Å². The Hall–Kier alpha value is -0.0500. The number of amides is 1. The van der Waals surface area contributed by atoms with Crippen LogP contribution in [0.2, 0.25) is 0 Å². The summed E-state index contributed by atoms with van der Waals surface area (Å²) in [6, 6.07) is 0.323. The fourth-order valence-electron chi connectivity index (χ4n) is 2.76. The summed E-state index contributed by atoms with van der Waals surface area (Å²) in [6.45, 7) is 2.11. The van der Waals surface area contributed by atoms with E-state index in [-0.39, 0.29) is 0 Å². The van der Waals surface area contributed by atoms with Gasteiger partial charge in [-0.3, -0.25) is 4.79 Å². The summed E-state index contributed by atoms with van der Waals surface area (Å²) in [5.41, 5.74) is 0. The van der Waals surface area contributed by atoms with E-state index >= 15 is 0 Å². The molecule has 0 aromatic rings. The summed E-state index contributed by atoms with van der Waals surface area (Å²) in [5.74, 6) is 2.16. The molecule has 1 N–H and O–H groups in total. The first-order chi connectivity index (χ1) is 6.77. The van der Waals surface area contributed by atoms with Crippen LogP contribution in [0.15, 0.2) is 0 Å². The van der Waals surface area contributed by atoms with Crippen LogP contribution in [0.25, 0.3) is 0 Å². The normalized spacial score (nSPS) is 36.3. The van der Waals surface area contributed by atoms with Gasteiger partial charge in [0.25, 0.3) is 0 Å². The van der Waals surface area contributed by atoms with E-state index in [0.717, 1.165) is 23.6 Å². The van der Waals surface area contributed by atoms with Crippen LogP contribution in [0.4, 0.5) is 0 Å². The molecule has 80 valence electrons. The Morgan fingerprint density at radius 2 is 2.14 bits per heavy atom. The Bertz CT molecular complexity index is 217. The highest BCUT2D eigenvalue weighted by molar-refractivity contribution is 9.09. The van der Waals surface area contributed by atoms with Crippen LogP contribution in [0, 0.1) is 17.8 Å². The molecule has 2 fully saturated rings. The zero-order valence-corrected chi connectivity index (χ0v) is 10.2. The second-order valence-corrected chi connectivity index (χ2v) is 5.20. The van der Waals surface area contributed by atoms with Crippen molar-refractivity contribution in [1.82, 2.24) is 5.32 Å². The maximum absolute atomic E-state index is 11.8. The highest BCUT2D eigenvalue weighted by Gasteiger charge is 2.56. The highest BCUT2D eigenvalue weighted by Crippen LogP contribution is 2.57. The van der Waals surface area contributed by atoms with Crippen molar-refractivity contribution in [2.75, 3.05) is 5.33 Å². The van der Waals surface area contributed by atoms with Gasteiger partial charge in [0.2, 0.25) is 5.91 Å². The largest absolute Gasteiger partial charge is 0.352 e. The zero-order valence-electron chi connectivity index (χ0n) is 8.63. The average Bonchev–Trinajstić information content (AvgIpc) is 2.69. The first-order valence-electron chi connectivity index (χ1n) is 5.64. The topological polar surface area (TPSA) is 29.1 Å². The fourth-order valence-corrected chi connectivity index (χ4v) is 3.38. The number of rotatable bonds is 4. The Balaban J connectivity index is 1.79. The first-order valence-corrected chi connectivity index (χ1v) is 6.76. The van der Waals surface area contributed by atoms with Gasteiger partial charge < -0.3 is 5.32 Å². The number of nitrogens with one attached hydrogen (secondary N) is 1. The van der Waals surface area contributed by atoms with Gasteiger partial charge in [0.15, 0.2) is 0 Å². The van der Waals surface area contributed by atoms with Gasteiger partial charge in [-0.1, -0.05) is 29.3 Å². The van der Waals surface area contributed by atoms with E-state index in [1.54, 1.807) is 0 Å². The third-order valence-electron chi connectivity index (χ3n) is 3.73. The molecule has 0 aromatic heterocycles. The standard InChI is InChI=1S/C11H18BrNO/c1-2-7(6-12)13-11(14)10-8-4-3-5-9(8)10/h7-10H,2-6H2,1H3,(H,13,14). The van der Waals surface area contributed by atoms with E-state index in [9.17, 15) is 4.79 Å². The molecule has 2 aliphatic rings. The van der Waals surface area contributed by atoms with Crippen LogP contribution in [-0.4, -0.2) is 17.3 Å². The van der Waals surface area contributed by atoms with Crippen LogP contribution in [0.3, 0.4) is 0 Å². The summed E-state index contributed by atoms with van der Waals surface area (Å²) in [5, 5.41) is 3.99. The Labute approximate surface area is 94.0 Å². The van der Waals surface area contributed by atoms with Crippen LogP contribution in [0.1, 0.15) is 32.6 Å². The van der Waals surface area contributed by atoms with Gasteiger partial charge in [-0.25, -0.2) is 0 Å². The summed E-state index contributed by atoms with van der Waals surface area (Å²) < 4.78 is 0. The SMILES string of the molecule is CCC(CBr)NC(=O)C1C2CCCC21. The maximum atomic E-state index is 11.8. The number of carbonyl (C=O) groups is 1. The molecule has 0 heterocycles. The van der Waals surface area contributed by atoms with Crippen molar-refractivity contribution in [3.8, 4) is 0 Å². The smallest absolute Gasteiger partial charge is 0.223 e. The molecule has 2 nitrogen and oxygen atoms in total. The summed E-state index contributed by atoms with van der Waals surface area (Å²) in [7, 11) is 0. The van der Waals surface area contributed by atoms with Crippen molar-refractivity contribution in [3.63, 3.8) is 0 Å². The molecule has 0 radical (unpaired) electrons. The predicted octanol–water partition coefficient (Wildman–Crippen LogP) is 2.32. The second-order valence-electron chi connectivity index (χ2n) is 4.55. The lowest BCUT2D eigenvalue weighted by molar-refractivity contribution is -0.123. The van der Waals surface area contributed by atoms with E-state index in [4.69, 9.17) is 0 Å². The van der Waals surface area contributed by atoms with Crippen molar-refractivity contribution in [3.05, 3.63) is 0 Å². The third-order valence-corrected chi connectivity index (χ3v) is 4.52. The predicted molar refractivity (Wildman–Crippen MR) is 60.3 cm³/mol. The molecular weight excluding hydrogens is 242 g/mol. The van der Waals surface area contributed by atoms with Crippen LogP contribution in [-0.2, 0) is 4.79 Å². The molecule has 3 unspecified atom stereocenters. The summed E-state index contributed by atoms with van der Waals surface area (Å²) >= 11 is 3.42. The number of alkyl halides is 1. The van der Waals surface area contributed by atoms with Crippen LogP contribution >= 0.6 is 15.9 Å². The van der Waals surface area contributed by atoms with Gasteiger partial charge in [-0.15, -0.1) is 0 Å². The van der Waals surface area contributed by atoms with Crippen molar-refractivity contribution >= 4 is 21.8 Å². The van der Waals surface area contributed by atoms with E-state index < -0.39 is 0 Å². The minimum absolute atomic E-state index is 0.311. The van der Waals surface area contributed by atoms with E-state index in [1.807, 2.05) is 0 Å². The molecule has 14 heavy (non-hydrogen) atoms.